The van der Waals surface area contributed by atoms with E-state index in [1.165, 1.54) is 11.8 Å². The van der Waals surface area contributed by atoms with Crippen molar-refractivity contribution in [1.82, 2.24) is 5.43 Å². The fourth-order valence-electron chi connectivity index (χ4n) is 2.00. The Kier molecular flexibility index (Phi) is 6.20. The molecule has 25 heavy (non-hydrogen) atoms. The molecule has 2 N–H and O–H groups in total. The Bertz CT molecular complexity index is 765. The number of ether oxygens (including phenoxy) is 1. The summed E-state index contributed by atoms with van der Waals surface area (Å²) in [5.41, 5.74) is 4.38. The Morgan fingerprint density at radius 2 is 1.92 bits per heavy atom. The second kappa shape index (κ2) is 8.16. The molecule has 0 aliphatic rings. The van der Waals surface area contributed by atoms with Gasteiger partial charge in [0.25, 0.3) is 5.91 Å². The Labute approximate surface area is 155 Å². The van der Waals surface area contributed by atoms with Crippen molar-refractivity contribution >= 4 is 28.1 Å². The highest BCUT2D eigenvalue weighted by Crippen LogP contribution is 2.31. The zero-order valence-electron chi connectivity index (χ0n) is 14.4. The number of halogens is 1. The van der Waals surface area contributed by atoms with Crippen molar-refractivity contribution in [3.63, 3.8) is 0 Å². The van der Waals surface area contributed by atoms with Crippen LogP contribution < -0.4 is 10.2 Å². The first-order valence-corrected chi connectivity index (χ1v) is 8.59. The number of hydrazone groups is 1. The van der Waals surface area contributed by atoms with Crippen LogP contribution in [0.3, 0.4) is 0 Å². The van der Waals surface area contributed by atoms with Crippen molar-refractivity contribution in [2.45, 2.75) is 26.2 Å². The van der Waals surface area contributed by atoms with Crippen molar-refractivity contribution in [1.29, 1.82) is 0 Å². The van der Waals surface area contributed by atoms with Crippen molar-refractivity contribution in [3.05, 3.63) is 58.1 Å². The first-order chi connectivity index (χ1) is 11.8. The number of rotatable bonds is 5. The lowest BCUT2D eigenvalue weighted by Gasteiger charge is -2.20. The number of hydrogen-bond donors (Lipinski definition) is 2. The quantitative estimate of drug-likeness (QED) is 0.584. The third kappa shape index (κ3) is 5.90. The Morgan fingerprint density at radius 3 is 2.52 bits per heavy atom. The minimum atomic E-state index is -0.359. The van der Waals surface area contributed by atoms with Gasteiger partial charge in [0.05, 0.1) is 10.7 Å². The third-order valence-electron chi connectivity index (χ3n) is 3.45. The zero-order chi connectivity index (χ0) is 18.4. The number of amides is 1. The van der Waals surface area contributed by atoms with Crippen LogP contribution in [-0.4, -0.2) is 23.8 Å². The molecule has 2 rings (SSSR count). The van der Waals surface area contributed by atoms with E-state index >= 15 is 0 Å². The van der Waals surface area contributed by atoms with Gasteiger partial charge in [-0.05, 0) is 68.9 Å². The molecule has 0 fully saturated rings. The van der Waals surface area contributed by atoms with E-state index in [1.807, 2.05) is 18.2 Å². The number of carbonyl (C=O) groups is 1. The van der Waals surface area contributed by atoms with Crippen LogP contribution in [0.4, 0.5) is 0 Å². The van der Waals surface area contributed by atoms with Gasteiger partial charge in [0.15, 0.2) is 6.61 Å². The van der Waals surface area contributed by atoms with Gasteiger partial charge in [-0.15, -0.1) is 0 Å². The van der Waals surface area contributed by atoms with Gasteiger partial charge in [-0.25, -0.2) is 5.43 Å². The molecule has 0 aliphatic carbocycles. The molecule has 2 aromatic rings. The van der Waals surface area contributed by atoms with Gasteiger partial charge < -0.3 is 9.84 Å². The minimum Gasteiger partial charge on any atom is -0.508 e. The number of nitrogens with one attached hydrogen (secondary N) is 1. The van der Waals surface area contributed by atoms with E-state index in [0.717, 1.165) is 10.0 Å². The first kappa shape index (κ1) is 19.0. The lowest BCUT2D eigenvalue weighted by Crippen LogP contribution is -2.24. The Balaban J connectivity index is 1.86. The Morgan fingerprint density at radius 1 is 1.24 bits per heavy atom. The fraction of sp³-hybridized carbons (Fsp3) is 0.263. The van der Waals surface area contributed by atoms with E-state index in [-0.39, 0.29) is 23.7 Å². The molecule has 0 bridgehead atoms. The summed E-state index contributed by atoms with van der Waals surface area (Å²) in [7, 11) is 0. The van der Waals surface area contributed by atoms with E-state index in [9.17, 15) is 9.90 Å². The average molecular weight is 405 g/mol. The van der Waals surface area contributed by atoms with Crippen molar-refractivity contribution in [2.75, 3.05) is 6.61 Å². The summed E-state index contributed by atoms with van der Waals surface area (Å²) in [5, 5.41) is 13.1. The summed E-state index contributed by atoms with van der Waals surface area (Å²) < 4.78 is 6.32. The fourth-order valence-corrected chi connectivity index (χ4v) is 2.49. The highest BCUT2D eigenvalue weighted by Gasteiger charge is 2.15. The van der Waals surface area contributed by atoms with Crippen LogP contribution in [0, 0.1) is 0 Å². The molecule has 132 valence electrons. The smallest absolute Gasteiger partial charge is 0.277 e. The van der Waals surface area contributed by atoms with Crippen LogP contribution in [0.5, 0.6) is 11.5 Å². The third-order valence-corrected chi connectivity index (χ3v) is 4.07. The highest BCUT2D eigenvalue weighted by molar-refractivity contribution is 9.10. The van der Waals surface area contributed by atoms with Crippen LogP contribution in [-0.2, 0) is 10.2 Å². The molecule has 0 saturated heterocycles. The molecule has 0 radical (unpaired) electrons. The van der Waals surface area contributed by atoms with Crippen molar-refractivity contribution < 1.29 is 14.6 Å². The number of nitrogens with zero attached hydrogens (tertiary/aromatic N) is 1. The van der Waals surface area contributed by atoms with E-state index in [1.54, 1.807) is 24.3 Å². The lowest BCUT2D eigenvalue weighted by molar-refractivity contribution is -0.123. The summed E-state index contributed by atoms with van der Waals surface area (Å²) >= 11 is 3.47. The predicted octanol–water partition coefficient (Wildman–Crippen LogP) is 3.98. The molecule has 0 spiro atoms. The maximum atomic E-state index is 11.8. The van der Waals surface area contributed by atoms with E-state index < -0.39 is 0 Å². The van der Waals surface area contributed by atoms with Gasteiger partial charge >= 0.3 is 0 Å². The molecule has 2 aromatic carbocycles. The second-order valence-corrected chi connectivity index (χ2v) is 7.42. The Hall–Kier alpha value is -2.34. The lowest BCUT2D eigenvalue weighted by atomic mass is 9.87. The molecule has 6 heteroatoms. The topological polar surface area (TPSA) is 70.9 Å². The predicted molar refractivity (Wildman–Crippen MR) is 102 cm³/mol. The van der Waals surface area contributed by atoms with Gasteiger partial charge in [-0.3, -0.25) is 4.79 Å². The van der Waals surface area contributed by atoms with Crippen molar-refractivity contribution in [3.8, 4) is 11.5 Å². The molecule has 0 atom stereocenters. The SMILES string of the molecule is CC(C)(C)c1ccc(OCC(=O)N/N=C/c2ccc(O)cc2)c(Br)c1. The molecule has 1 amide bonds. The number of aromatic hydroxyl groups is 1. The number of carbonyl (C=O) groups excluding carboxylic acids is 1. The standard InChI is InChI=1S/C19H21BrN2O3/c1-19(2,3)14-6-9-17(16(20)10-14)25-12-18(24)22-21-11-13-4-7-15(23)8-5-13/h4-11,23H,12H2,1-3H3,(H,22,24)/b21-11+. The maximum absolute atomic E-state index is 11.8. The van der Waals surface area contributed by atoms with Crippen molar-refractivity contribution in [2.24, 2.45) is 5.10 Å². The highest BCUT2D eigenvalue weighted by atomic mass is 79.9. The van der Waals surface area contributed by atoms with E-state index in [4.69, 9.17) is 4.74 Å². The summed E-state index contributed by atoms with van der Waals surface area (Å²) in [6, 6.07) is 12.3. The van der Waals surface area contributed by atoms with Gasteiger partial charge in [0.1, 0.15) is 11.5 Å². The molecule has 0 heterocycles. The zero-order valence-corrected chi connectivity index (χ0v) is 16.0. The summed E-state index contributed by atoms with van der Waals surface area (Å²) in [6.07, 6.45) is 1.49. The molecule has 5 nitrogen and oxygen atoms in total. The number of hydrogen-bond acceptors (Lipinski definition) is 4. The largest absolute Gasteiger partial charge is 0.508 e. The van der Waals surface area contributed by atoms with Crippen LogP contribution in [0.15, 0.2) is 52.0 Å². The van der Waals surface area contributed by atoms with Gasteiger partial charge in [-0.2, -0.15) is 5.10 Å². The van der Waals surface area contributed by atoms with Crippen LogP contribution in [0.2, 0.25) is 0 Å². The monoisotopic (exact) mass is 404 g/mol. The number of benzene rings is 2. The van der Waals surface area contributed by atoms with Gasteiger partial charge in [0.2, 0.25) is 0 Å². The number of phenols is 1. The molecule has 0 aliphatic heterocycles. The summed E-state index contributed by atoms with van der Waals surface area (Å²) in [5.74, 6) is 0.421. The molecular weight excluding hydrogens is 384 g/mol. The average Bonchev–Trinajstić information content (AvgIpc) is 2.54. The van der Waals surface area contributed by atoms with E-state index in [0.29, 0.717) is 5.75 Å². The molecule has 0 saturated carbocycles. The molecular formula is C19H21BrN2O3. The molecule has 0 unspecified atom stereocenters. The van der Waals surface area contributed by atoms with Crippen LogP contribution in [0.1, 0.15) is 31.9 Å². The normalized spacial score (nSPS) is 11.5. The summed E-state index contributed by atoms with van der Waals surface area (Å²) in [4.78, 5) is 11.8. The van der Waals surface area contributed by atoms with Gasteiger partial charge in [0, 0.05) is 0 Å². The minimum absolute atomic E-state index is 0.0430. The van der Waals surface area contributed by atoms with Crippen LogP contribution in [0.25, 0.3) is 0 Å². The van der Waals surface area contributed by atoms with Crippen LogP contribution >= 0.6 is 15.9 Å². The summed E-state index contributed by atoms with van der Waals surface area (Å²) in [6.45, 7) is 6.26. The second-order valence-electron chi connectivity index (χ2n) is 6.57. The maximum Gasteiger partial charge on any atom is 0.277 e. The molecule has 0 aromatic heterocycles. The number of phenolic OH excluding ortho intramolecular Hbond substituents is 1. The first-order valence-electron chi connectivity index (χ1n) is 7.79. The van der Waals surface area contributed by atoms with E-state index in [2.05, 4.69) is 47.2 Å². The van der Waals surface area contributed by atoms with Gasteiger partial charge in [-0.1, -0.05) is 26.8 Å².